The van der Waals surface area contributed by atoms with Crippen LogP contribution in [-0.2, 0) is 0 Å². The molecule has 4 saturated carbocycles. The normalized spacial score (nSPS) is 23.6. The molecule has 0 unspecified atom stereocenters. The average Bonchev–Trinajstić information content (AvgIpc) is 1.53. The summed E-state index contributed by atoms with van der Waals surface area (Å²) in [7, 11) is 0. The van der Waals surface area contributed by atoms with Gasteiger partial charge in [-0.1, -0.05) is 78.9 Å². The van der Waals surface area contributed by atoms with Gasteiger partial charge in [-0.15, -0.1) is 0 Å². The summed E-state index contributed by atoms with van der Waals surface area (Å²) in [5.41, 5.74) is 29.0. The number of benzene rings is 9. The van der Waals surface area contributed by atoms with E-state index in [9.17, 15) is 21.0 Å². The fourth-order valence-electron chi connectivity index (χ4n) is 22.2. The summed E-state index contributed by atoms with van der Waals surface area (Å²) in [5, 5.41) is 58.6. The molecule has 5 heterocycles. The van der Waals surface area contributed by atoms with Crippen LogP contribution < -0.4 is 0 Å². The molecule has 8 bridgehead atoms. The third kappa shape index (κ3) is 5.65. The molecule has 14 aromatic rings. The second kappa shape index (κ2) is 16.7. The van der Waals surface area contributed by atoms with Crippen molar-refractivity contribution in [1.82, 2.24) is 13.4 Å². The molecule has 0 amide bonds. The van der Waals surface area contributed by atoms with Crippen molar-refractivity contribution in [3.8, 4) is 52.2 Å². The van der Waals surface area contributed by atoms with Crippen LogP contribution in [0.3, 0.4) is 0 Å². The molecule has 4 fully saturated rings. The van der Waals surface area contributed by atoms with Gasteiger partial charge in [-0.3, -0.25) is 0 Å². The molecular formula is C82H59N7. The maximum absolute atomic E-state index is 11.5. The van der Waals surface area contributed by atoms with Crippen molar-refractivity contribution in [3.63, 3.8) is 0 Å². The smallest absolute Gasteiger partial charge is 0.0995 e. The number of aromatic nitrogens is 3. The zero-order chi connectivity index (χ0) is 58.1. The molecule has 0 spiro atoms. The molecule has 0 radical (unpaired) electrons. The first kappa shape index (κ1) is 48.4. The molecule has 0 atom stereocenters. The standard InChI is InChI=1S/C82H59N7/c83-36-50-30-59-72(68-46-22-14-42(15-23-46)64(50)68)56-34-57-74-63(35-58-73-60(31-51(37-84)65-43-16-24-47(25-17-43)69(65)73)87-61-32-52(38-85)66-44-18-26-48(27-19-44)70(66)75(61)77(74)80(58)87)89(79-54(40-8-3-1-4-9-40)12-7-13-55(79)41-10-5-2-6-11-41)82(57)78-76-62(88(59)81(56)78)33-53(39-86)67-45-20-28-49(29-21-45)71(67)76/h1-13,30-35,42-49H,14-29H2. The van der Waals surface area contributed by atoms with Gasteiger partial charge in [-0.25, -0.2) is 0 Å². The molecular weight excluding hydrogens is 1080 g/mol. The van der Waals surface area contributed by atoms with E-state index < -0.39 is 0 Å². The monoisotopic (exact) mass is 1140 g/mol. The fraction of sp³-hybridized carbons (Fsp3) is 0.293. The van der Waals surface area contributed by atoms with Gasteiger partial charge in [0.2, 0.25) is 0 Å². The van der Waals surface area contributed by atoms with Gasteiger partial charge in [-0.2, -0.15) is 21.0 Å². The summed E-state index contributed by atoms with van der Waals surface area (Å²) < 4.78 is 7.91. The van der Waals surface area contributed by atoms with Crippen LogP contribution in [0.1, 0.15) is 217 Å². The molecule has 0 N–H and O–H groups in total. The van der Waals surface area contributed by atoms with Gasteiger partial charge in [0.05, 0.1) is 96.4 Å². The van der Waals surface area contributed by atoms with Crippen molar-refractivity contribution in [2.75, 3.05) is 0 Å². The lowest BCUT2D eigenvalue weighted by molar-refractivity contribution is 0.360. The number of nitriles is 4. The summed E-state index contributed by atoms with van der Waals surface area (Å²) in [4.78, 5) is 0. The Morgan fingerprint density at radius 3 is 1.00 bits per heavy atom. The van der Waals surface area contributed by atoms with Crippen LogP contribution in [0.25, 0.3) is 126 Å². The average molecular weight is 1140 g/mol. The molecule has 0 saturated heterocycles. The number of nitrogens with zero attached hydrogens (tertiary/aromatic N) is 7. The Hall–Kier alpha value is -9.66. The number of hydrogen-bond donors (Lipinski definition) is 0. The van der Waals surface area contributed by atoms with Gasteiger partial charge in [0.15, 0.2) is 0 Å². The summed E-state index contributed by atoms with van der Waals surface area (Å²) in [6.45, 7) is 0. The highest BCUT2D eigenvalue weighted by Crippen LogP contribution is 2.64. The summed E-state index contributed by atoms with van der Waals surface area (Å²) in [6, 6.07) is 54.8. The third-order valence-corrected chi connectivity index (χ3v) is 25.4. The van der Waals surface area contributed by atoms with E-state index in [1.807, 2.05) is 0 Å². The Labute approximate surface area is 513 Å². The topological polar surface area (TPSA) is 109 Å². The summed E-state index contributed by atoms with van der Waals surface area (Å²) in [5.74, 6) is 2.76. The highest BCUT2D eigenvalue weighted by atomic mass is 15.0. The van der Waals surface area contributed by atoms with Crippen LogP contribution in [0.2, 0.25) is 0 Å². The first-order chi connectivity index (χ1) is 44.0. The lowest BCUT2D eigenvalue weighted by atomic mass is 9.64. The van der Waals surface area contributed by atoms with E-state index in [0.29, 0.717) is 47.3 Å². The van der Waals surface area contributed by atoms with Crippen molar-refractivity contribution >= 4 is 98.0 Å². The lowest BCUT2D eigenvalue weighted by Gasteiger charge is -2.39. The van der Waals surface area contributed by atoms with Crippen LogP contribution in [0, 0.1) is 45.3 Å². The molecule has 12 aliphatic carbocycles. The van der Waals surface area contributed by atoms with Crippen molar-refractivity contribution < 1.29 is 0 Å². The minimum Gasteiger partial charge on any atom is -0.308 e. The lowest BCUT2D eigenvalue weighted by Crippen LogP contribution is -2.23. The first-order valence-electron chi connectivity index (χ1n) is 33.5. The molecule has 12 aliphatic rings. The van der Waals surface area contributed by atoms with Gasteiger partial charge in [0, 0.05) is 65.0 Å². The second-order valence-corrected chi connectivity index (χ2v) is 28.7. The SMILES string of the molecule is N#Cc1cc2c(c3c1C1CCC3CC1)c1cc3c(c4cc5c6c7c(c(C#N)cc6n6c8cc(C#N)c9c(c8c(c4n3-c3c(-c4ccccc4)cccc3-c3ccccc3)c56)C3CCC9CC3)C3CCC7CC3)c3c4c5c(c(C#N)cc4n2c13)C1CCC5CC1. The largest absolute Gasteiger partial charge is 0.308 e. The maximum atomic E-state index is 11.5. The van der Waals surface area contributed by atoms with Crippen molar-refractivity contribution in [2.45, 2.75) is 150 Å². The molecule has 7 heteroatoms. The van der Waals surface area contributed by atoms with Gasteiger partial charge in [0.1, 0.15) is 0 Å². The number of fused-ring (bicyclic) bond motifs is 25. The van der Waals surface area contributed by atoms with Crippen LogP contribution in [0.5, 0.6) is 0 Å². The number of para-hydroxylation sites is 1. The minimum absolute atomic E-state index is 0.320. The minimum atomic E-state index is 0.320. The Balaban J connectivity index is 1.07. The highest BCUT2D eigenvalue weighted by Gasteiger charge is 2.45. The van der Waals surface area contributed by atoms with Gasteiger partial charge < -0.3 is 13.4 Å². The maximum Gasteiger partial charge on any atom is 0.0995 e. The van der Waals surface area contributed by atoms with E-state index in [-0.39, 0.29) is 0 Å². The van der Waals surface area contributed by atoms with Gasteiger partial charge >= 0.3 is 0 Å². The predicted octanol–water partition coefficient (Wildman–Crippen LogP) is 20.9. The zero-order valence-corrected chi connectivity index (χ0v) is 49.5. The van der Waals surface area contributed by atoms with Gasteiger partial charge in [0.25, 0.3) is 0 Å². The van der Waals surface area contributed by atoms with E-state index in [1.165, 1.54) is 120 Å². The molecule has 422 valence electrons. The summed E-state index contributed by atoms with van der Waals surface area (Å²) >= 11 is 0. The van der Waals surface area contributed by atoms with E-state index in [2.05, 4.69) is 153 Å². The second-order valence-electron chi connectivity index (χ2n) is 28.7. The molecule has 26 rings (SSSR count). The van der Waals surface area contributed by atoms with Crippen LogP contribution in [0.15, 0.2) is 115 Å². The van der Waals surface area contributed by atoms with Crippen LogP contribution in [-0.4, -0.2) is 13.4 Å². The predicted molar refractivity (Wildman–Crippen MR) is 356 cm³/mol. The Morgan fingerprint density at radius 1 is 0.281 bits per heavy atom. The van der Waals surface area contributed by atoms with Crippen molar-refractivity contribution in [3.05, 3.63) is 182 Å². The highest BCUT2D eigenvalue weighted by molar-refractivity contribution is 6.42. The number of rotatable bonds is 3. The molecule has 0 aliphatic heterocycles. The molecule has 5 aromatic heterocycles. The van der Waals surface area contributed by atoms with E-state index in [1.54, 1.807) is 0 Å². The Bertz CT molecular complexity index is 5770. The molecule has 7 nitrogen and oxygen atoms in total. The number of hydrogen-bond acceptors (Lipinski definition) is 4. The molecule has 89 heavy (non-hydrogen) atoms. The van der Waals surface area contributed by atoms with Crippen molar-refractivity contribution in [1.29, 1.82) is 21.0 Å². The first-order valence-corrected chi connectivity index (χ1v) is 33.5. The van der Waals surface area contributed by atoms with E-state index >= 15 is 0 Å². The fourth-order valence-corrected chi connectivity index (χ4v) is 22.2. The summed E-state index contributed by atoms with van der Waals surface area (Å²) in [6.07, 6.45) is 17.9. The zero-order valence-electron chi connectivity index (χ0n) is 49.5. The van der Waals surface area contributed by atoms with Crippen molar-refractivity contribution in [2.24, 2.45) is 0 Å². The third-order valence-electron chi connectivity index (χ3n) is 25.4. The van der Waals surface area contributed by atoms with E-state index in [4.69, 9.17) is 0 Å². The molecule has 9 aromatic carbocycles. The van der Waals surface area contributed by atoms with Crippen LogP contribution in [0.4, 0.5) is 0 Å². The van der Waals surface area contributed by atoms with Crippen LogP contribution >= 0.6 is 0 Å². The van der Waals surface area contributed by atoms with E-state index in [0.717, 1.165) is 175 Å². The quantitative estimate of drug-likeness (QED) is 0.175. The Morgan fingerprint density at radius 2 is 0.607 bits per heavy atom. The van der Waals surface area contributed by atoms with Gasteiger partial charge in [-0.05, 0) is 242 Å². The Kier molecular flexibility index (Phi) is 9.09.